The van der Waals surface area contributed by atoms with Crippen molar-refractivity contribution in [2.24, 2.45) is 33.5 Å². The van der Waals surface area contributed by atoms with Crippen molar-refractivity contribution in [3.05, 3.63) is 0 Å². The van der Waals surface area contributed by atoms with Gasteiger partial charge in [-0.05, 0) is 0 Å². The van der Waals surface area contributed by atoms with Crippen LogP contribution in [0.1, 0.15) is 67.2 Å². The van der Waals surface area contributed by atoms with E-state index in [1.165, 1.54) is 12.8 Å². The molecule has 0 saturated heterocycles. The fourth-order valence-corrected chi connectivity index (χ4v) is 18.3. The maximum atomic E-state index is 13.1. The van der Waals surface area contributed by atoms with E-state index in [1.54, 1.807) is 0 Å². The Morgan fingerprint density at radius 3 is 1.29 bits per heavy atom. The van der Waals surface area contributed by atoms with Crippen molar-refractivity contribution in [3.63, 3.8) is 0 Å². The molecular formula is C20H30O2Se2. The molecule has 6 atom stereocenters. The Labute approximate surface area is 157 Å². The summed E-state index contributed by atoms with van der Waals surface area (Å²) in [6, 6.07) is 0. The summed E-state index contributed by atoms with van der Waals surface area (Å²) in [6.45, 7) is 13.7. The van der Waals surface area contributed by atoms with Gasteiger partial charge in [0.15, 0.2) is 0 Å². The molecule has 4 aliphatic rings. The van der Waals surface area contributed by atoms with Crippen LogP contribution in [0.2, 0.25) is 9.63 Å². The Kier molecular flexibility index (Phi) is 3.71. The van der Waals surface area contributed by atoms with Crippen molar-refractivity contribution in [2.45, 2.75) is 76.9 Å². The van der Waals surface area contributed by atoms with E-state index in [4.69, 9.17) is 0 Å². The number of carbonyl (C=O) groups excluding carboxylic acids is 2. The van der Waals surface area contributed by atoms with E-state index < -0.39 is 0 Å². The number of fused-ring (bicyclic) bond motifs is 4. The maximum absolute atomic E-state index is 13.1. The third kappa shape index (κ3) is 1.80. The molecule has 4 bridgehead atoms. The second kappa shape index (κ2) is 5.00. The van der Waals surface area contributed by atoms with Crippen LogP contribution in [0, 0.1) is 33.5 Å². The minimum atomic E-state index is -0.0932. The molecule has 24 heavy (non-hydrogen) atoms. The molecule has 0 amide bonds. The second-order valence-electron chi connectivity index (χ2n) is 10.2. The predicted octanol–water partition coefficient (Wildman–Crippen LogP) is 3.94. The number of ketones is 2. The van der Waals surface area contributed by atoms with Gasteiger partial charge in [0.2, 0.25) is 0 Å². The molecule has 0 aromatic carbocycles. The van der Waals surface area contributed by atoms with Crippen molar-refractivity contribution in [1.82, 2.24) is 0 Å². The van der Waals surface area contributed by atoms with Gasteiger partial charge in [0.25, 0.3) is 0 Å². The Morgan fingerprint density at radius 1 is 0.708 bits per heavy atom. The van der Waals surface area contributed by atoms with Gasteiger partial charge < -0.3 is 0 Å². The molecule has 4 aliphatic carbocycles. The summed E-state index contributed by atoms with van der Waals surface area (Å²) in [5, 5.41) is 0. The van der Waals surface area contributed by atoms with Crippen LogP contribution in [0.3, 0.4) is 0 Å². The van der Waals surface area contributed by atoms with Gasteiger partial charge in [-0.25, -0.2) is 0 Å². The van der Waals surface area contributed by atoms with Gasteiger partial charge in [0.05, 0.1) is 0 Å². The fourth-order valence-electron chi connectivity index (χ4n) is 6.35. The monoisotopic (exact) mass is 462 g/mol. The van der Waals surface area contributed by atoms with Crippen molar-refractivity contribution < 1.29 is 9.59 Å². The standard InChI is InChI=1S/C20H30O2Se2/c1-17(2)11-7-9-19(17,5)15(21)13(11)23-24-14-12-8-10-20(6,16(14)22)18(12,3)4/h11-14H,7-10H2,1-6H3/t11-,12-,13+,14+,19+,20+/m1/s1. The molecule has 0 heterocycles. The minimum absolute atomic E-state index is 0.0932. The predicted molar refractivity (Wildman–Crippen MR) is 98.2 cm³/mol. The number of hydrogen-bond donors (Lipinski definition) is 0. The Hall–Kier alpha value is 0.379. The number of carbonyl (C=O) groups is 2. The molecule has 4 saturated carbocycles. The molecule has 0 aromatic rings. The van der Waals surface area contributed by atoms with E-state index in [-0.39, 0.29) is 21.7 Å². The van der Waals surface area contributed by atoms with Crippen molar-refractivity contribution >= 4 is 37.8 Å². The summed E-state index contributed by atoms with van der Waals surface area (Å²) in [6.07, 6.45) is 4.62. The Morgan fingerprint density at radius 2 is 1.04 bits per heavy atom. The summed E-state index contributed by atoms with van der Waals surface area (Å²) < 4.78 is 0. The average molecular weight is 460 g/mol. The topological polar surface area (TPSA) is 34.1 Å². The van der Waals surface area contributed by atoms with E-state index in [0.717, 1.165) is 12.8 Å². The van der Waals surface area contributed by atoms with Crippen molar-refractivity contribution in [2.75, 3.05) is 0 Å². The van der Waals surface area contributed by atoms with Crippen LogP contribution in [0.15, 0.2) is 0 Å². The van der Waals surface area contributed by atoms with Gasteiger partial charge in [-0.15, -0.1) is 0 Å². The molecule has 0 aromatic heterocycles. The van der Waals surface area contributed by atoms with Crippen LogP contribution in [0.25, 0.3) is 0 Å². The first-order chi connectivity index (χ1) is 11.0. The van der Waals surface area contributed by atoms with Crippen LogP contribution < -0.4 is 0 Å². The molecule has 0 unspecified atom stereocenters. The zero-order chi connectivity index (χ0) is 17.7. The van der Waals surface area contributed by atoms with Gasteiger partial charge >= 0.3 is 158 Å². The van der Waals surface area contributed by atoms with Crippen molar-refractivity contribution in [1.29, 1.82) is 0 Å². The summed E-state index contributed by atoms with van der Waals surface area (Å²) >= 11 is 0.697. The second-order valence-corrected chi connectivity index (χ2v) is 17.3. The van der Waals surface area contributed by atoms with Gasteiger partial charge in [0.1, 0.15) is 0 Å². The first-order valence-electron chi connectivity index (χ1n) is 9.39. The number of Topliss-reactive ketones (excluding diaryl/α,β-unsaturated/α-hetero) is 2. The van der Waals surface area contributed by atoms with Crippen molar-refractivity contribution in [3.8, 4) is 0 Å². The van der Waals surface area contributed by atoms with E-state index >= 15 is 0 Å². The molecular weight excluding hydrogens is 430 g/mol. The van der Waals surface area contributed by atoms with E-state index in [2.05, 4.69) is 41.5 Å². The van der Waals surface area contributed by atoms with Crippen LogP contribution >= 0.6 is 0 Å². The van der Waals surface area contributed by atoms with Gasteiger partial charge in [0, 0.05) is 0 Å². The first-order valence-corrected chi connectivity index (χ1v) is 15.7. The molecule has 0 spiro atoms. The summed E-state index contributed by atoms with van der Waals surface area (Å²) in [7, 11) is 0. The third-order valence-electron chi connectivity index (χ3n) is 9.21. The van der Waals surface area contributed by atoms with Gasteiger partial charge in [-0.3, -0.25) is 0 Å². The molecule has 4 rings (SSSR count). The van der Waals surface area contributed by atoms with Crippen LogP contribution in [-0.2, 0) is 9.59 Å². The summed E-state index contributed by atoms with van der Waals surface area (Å²) in [5.41, 5.74) is 0.140. The van der Waals surface area contributed by atoms with Crippen LogP contribution in [-0.4, -0.2) is 37.8 Å². The Bertz CT molecular complexity index is 571. The zero-order valence-corrected chi connectivity index (χ0v) is 19.2. The molecule has 2 nitrogen and oxygen atoms in total. The van der Waals surface area contributed by atoms with E-state index in [0.29, 0.717) is 59.3 Å². The number of hydrogen-bond acceptors (Lipinski definition) is 2. The number of rotatable bonds is 3. The summed E-state index contributed by atoms with van der Waals surface area (Å²) in [4.78, 5) is 26.8. The molecule has 0 aliphatic heterocycles. The van der Waals surface area contributed by atoms with E-state index in [1.807, 2.05) is 0 Å². The van der Waals surface area contributed by atoms with E-state index in [9.17, 15) is 9.59 Å². The Balaban J connectivity index is 1.52. The molecule has 4 fully saturated rings. The van der Waals surface area contributed by atoms with Gasteiger partial charge in [-0.1, -0.05) is 0 Å². The molecule has 0 N–H and O–H groups in total. The quantitative estimate of drug-likeness (QED) is 0.599. The molecule has 0 radical (unpaired) electrons. The van der Waals surface area contributed by atoms with Crippen LogP contribution in [0.4, 0.5) is 0 Å². The fraction of sp³-hybridized carbons (Fsp3) is 0.900. The molecule has 4 heteroatoms. The summed E-state index contributed by atoms with van der Waals surface area (Å²) in [5.74, 6) is 2.25. The normalized spacial score (nSPS) is 50.9. The zero-order valence-electron chi connectivity index (χ0n) is 15.8. The molecule has 134 valence electrons. The first kappa shape index (κ1) is 17.8. The average Bonchev–Trinajstić information content (AvgIpc) is 2.97. The van der Waals surface area contributed by atoms with Crippen LogP contribution in [0.5, 0.6) is 0 Å². The third-order valence-corrected chi connectivity index (χ3v) is 18.3. The SMILES string of the molecule is CC1(C)[C@@H]2CC[C@@]1(C)C(=O)[C@H]2[Se][Se][C@@H]1C(=O)[C@]2(C)CC[C@H]1C2(C)C. The van der Waals surface area contributed by atoms with Gasteiger partial charge in [-0.2, -0.15) is 0 Å².